The van der Waals surface area contributed by atoms with E-state index >= 15 is 0 Å². The fraction of sp³-hybridized carbons (Fsp3) is 0.533. The van der Waals surface area contributed by atoms with E-state index in [1.807, 2.05) is 11.8 Å². The molecule has 1 aromatic rings. The summed E-state index contributed by atoms with van der Waals surface area (Å²) in [5.74, 6) is -1.52. The first-order valence-electron chi connectivity index (χ1n) is 7.14. The number of anilines is 1. The van der Waals surface area contributed by atoms with Crippen molar-refractivity contribution >= 4 is 11.7 Å². The molecule has 1 fully saturated rings. The van der Waals surface area contributed by atoms with Gasteiger partial charge in [0.2, 0.25) is 0 Å². The molecule has 1 aliphatic heterocycles. The first-order valence-corrected chi connectivity index (χ1v) is 7.14. The molecular weight excluding hydrogens is 259 g/mol. The molecule has 5 heteroatoms. The summed E-state index contributed by atoms with van der Waals surface area (Å²) in [4.78, 5) is 13.3. The Kier molecular flexibility index (Phi) is 4.95. The van der Waals surface area contributed by atoms with Crippen LogP contribution in [0.25, 0.3) is 0 Å². The molecule has 0 aliphatic carbocycles. The quantitative estimate of drug-likeness (QED) is 0.870. The lowest BCUT2D eigenvalue weighted by atomic mass is 10.0. The molecule has 1 aromatic carbocycles. The van der Waals surface area contributed by atoms with Crippen molar-refractivity contribution in [2.45, 2.75) is 32.2 Å². The number of hydrogen-bond acceptors (Lipinski definition) is 3. The van der Waals surface area contributed by atoms with Crippen molar-refractivity contribution in [1.82, 2.24) is 5.32 Å². The fourth-order valence-electron chi connectivity index (χ4n) is 2.82. The molecule has 2 rings (SSSR count). The molecule has 0 spiro atoms. The molecule has 0 bridgehead atoms. The van der Waals surface area contributed by atoms with E-state index in [2.05, 4.69) is 5.32 Å². The van der Waals surface area contributed by atoms with Crippen LogP contribution in [0.5, 0.6) is 0 Å². The summed E-state index contributed by atoms with van der Waals surface area (Å²) in [7, 11) is 0. The van der Waals surface area contributed by atoms with E-state index in [1.165, 1.54) is 18.2 Å². The Labute approximate surface area is 118 Å². The van der Waals surface area contributed by atoms with Gasteiger partial charge in [-0.1, -0.05) is 13.0 Å². The molecule has 1 saturated heterocycles. The van der Waals surface area contributed by atoms with Crippen molar-refractivity contribution in [2.24, 2.45) is 0 Å². The van der Waals surface area contributed by atoms with E-state index in [-0.39, 0.29) is 17.3 Å². The van der Waals surface area contributed by atoms with Crippen LogP contribution in [0.15, 0.2) is 18.2 Å². The summed E-state index contributed by atoms with van der Waals surface area (Å²) in [6.45, 7) is 4.48. The average molecular weight is 280 g/mol. The minimum atomic E-state index is -1.07. The number of nitrogens with one attached hydrogen (secondary N) is 1. The maximum atomic E-state index is 14.2. The predicted molar refractivity (Wildman–Crippen MR) is 76.9 cm³/mol. The lowest BCUT2D eigenvalue weighted by molar-refractivity contribution is 0.0697. The largest absolute Gasteiger partial charge is 0.478 e. The van der Waals surface area contributed by atoms with Gasteiger partial charge in [0.05, 0.1) is 11.3 Å². The van der Waals surface area contributed by atoms with Crippen LogP contribution in [0.3, 0.4) is 0 Å². The van der Waals surface area contributed by atoms with Crippen LogP contribution >= 0.6 is 0 Å². The second-order valence-corrected chi connectivity index (χ2v) is 5.12. The standard InChI is InChI=1S/C15H21FN2O2/c1-2-10-18(11-6-8-17-9-7-11)14-12(15(19)20)4-3-5-13(14)16/h3-5,11,17H,2,6-10H2,1H3,(H,19,20). The fourth-order valence-corrected chi connectivity index (χ4v) is 2.82. The zero-order valence-electron chi connectivity index (χ0n) is 11.7. The summed E-state index contributed by atoms with van der Waals surface area (Å²) in [5.41, 5.74) is 0.297. The number of hydrogen-bond donors (Lipinski definition) is 2. The molecule has 4 nitrogen and oxygen atoms in total. The van der Waals surface area contributed by atoms with Crippen molar-refractivity contribution in [3.8, 4) is 0 Å². The summed E-state index contributed by atoms with van der Waals surface area (Å²) in [5, 5.41) is 12.6. The highest BCUT2D eigenvalue weighted by Gasteiger charge is 2.26. The molecule has 0 atom stereocenters. The van der Waals surface area contributed by atoms with Gasteiger partial charge in [0.25, 0.3) is 0 Å². The number of carboxylic acids is 1. The topological polar surface area (TPSA) is 52.6 Å². The van der Waals surface area contributed by atoms with Gasteiger partial charge in [-0.2, -0.15) is 0 Å². The summed E-state index contributed by atoms with van der Waals surface area (Å²) in [6, 6.07) is 4.47. The maximum absolute atomic E-state index is 14.2. The van der Waals surface area contributed by atoms with Crippen LogP contribution < -0.4 is 10.2 Å². The van der Waals surface area contributed by atoms with Gasteiger partial charge < -0.3 is 15.3 Å². The van der Waals surface area contributed by atoms with Crippen LogP contribution in [0.4, 0.5) is 10.1 Å². The molecule has 1 aliphatic rings. The highest BCUT2D eigenvalue weighted by Crippen LogP contribution is 2.29. The van der Waals surface area contributed by atoms with Gasteiger partial charge in [-0.15, -0.1) is 0 Å². The van der Waals surface area contributed by atoms with Gasteiger partial charge in [0.15, 0.2) is 0 Å². The van der Waals surface area contributed by atoms with E-state index in [0.29, 0.717) is 6.54 Å². The van der Waals surface area contributed by atoms with Crippen LogP contribution in [-0.4, -0.2) is 36.8 Å². The van der Waals surface area contributed by atoms with Gasteiger partial charge >= 0.3 is 5.97 Å². The Morgan fingerprint density at radius 2 is 2.15 bits per heavy atom. The van der Waals surface area contributed by atoms with Gasteiger partial charge in [0.1, 0.15) is 5.82 Å². The minimum absolute atomic E-state index is 0.0528. The monoisotopic (exact) mass is 280 g/mol. The minimum Gasteiger partial charge on any atom is -0.478 e. The SMILES string of the molecule is CCCN(c1c(F)cccc1C(=O)O)C1CCNCC1. The number of rotatable bonds is 5. The summed E-state index contributed by atoms with van der Waals surface area (Å²) < 4.78 is 14.2. The first kappa shape index (κ1) is 14.8. The molecule has 0 saturated carbocycles. The first-order chi connectivity index (χ1) is 9.65. The molecule has 0 aromatic heterocycles. The molecule has 20 heavy (non-hydrogen) atoms. The lowest BCUT2D eigenvalue weighted by Crippen LogP contribution is -2.44. The second kappa shape index (κ2) is 6.70. The van der Waals surface area contributed by atoms with E-state index in [1.54, 1.807) is 0 Å². The number of carboxylic acid groups (broad SMARTS) is 1. The number of carbonyl (C=O) groups is 1. The molecule has 0 radical (unpaired) electrons. The van der Waals surface area contributed by atoms with Crippen molar-refractivity contribution in [3.05, 3.63) is 29.6 Å². The highest BCUT2D eigenvalue weighted by molar-refractivity contribution is 5.94. The Hall–Kier alpha value is -1.62. The van der Waals surface area contributed by atoms with Crippen molar-refractivity contribution < 1.29 is 14.3 Å². The zero-order valence-corrected chi connectivity index (χ0v) is 11.7. The number of piperidine rings is 1. The number of benzene rings is 1. The van der Waals surface area contributed by atoms with E-state index in [9.17, 15) is 14.3 Å². The number of nitrogens with zero attached hydrogens (tertiary/aromatic N) is 1. The van der Waals surface area contributed by atoms with E-state index < -0.39 is 11.8 Å². The molecule has 2 N–H and O–H groups in total. The third kappa shape index (κ3) is 3.10. The Morgan fingerprint density at radius 3 is 2.75 bits per heavy atom. The normalized spacial score (nSPS) is 16.1. The molecule has 1 heterocycles. The third-order valence-electron chi connectivity index (χ3n) is 3.72. The molecule has 0 amide bonds. The summed E-state index contributed by atoms with van der Waals surface area (Å²) >= 11 is 0. The average Bonchev–Trinajstić information content (AvgIpc) is 2.46. The molecule has 110 valence electrons. The van der Waals surface area contributed by atoms with Gasteiger partial charge in [-0.05, 0) is 44.5 Å². The number of para-hydroxylation sites is 1. The molecular formula is C15H21FN2O2. The van der Waals surface area contributed by atoms with Gasteiger partial charge in [-0.3, -0.25) is 0 Å². The number of aromatic carboxylic acids is 1. The van der Waals surface area contributed by atoms with Gasteiger partial charge in [-0.25, -0.2) is 9.18 Å². The Balaban J connectivity index is 2.39. The van der Waals surface area contributed by atoms with Crippen LogP contribution in [0.1, 0.15) is 36.5 Å². The van der Waals surface area contributed by atoms with E-state index in [0.717, 1.165) is 32.4 Å². The lowest BCUT2D eigenvalue weighted by Gasteiger charge is -2.37. The third-order valence-corrected chi connectivity index (χ3v) is 3.72. The van der Waals surface area contributed by atoms with Crippen LogP contribution in [0.2, 0.25) is 0 Å². The van der Waals surface area contributed by atoms with Crippen molar-refractivity contribution in [2.75, 3.05) is 24.5 Å². The highest BCUT2D eigenvalue weighted by atomic mass is 19.1. The number of halogens is 1. The summed E-state index contributed by atoms with van der Waals surface area (Å²) in [6.07, 6.45) is 2.68. The van der Waals surface area contributed by atoms with Crippen LogP contribution in [-0.2, 0) is 0 Å². The smallest absolute Gasteiger partial charge is 0.337 e. The predicted octanol–water partition coefficient (Wildman–Crippen LogP) is 2.49. The molecule has 0 unspecified atom stereocenters. The van der Waals surface area contributed by atoms with Crippen molar-refractivity contribution in [3.63, 3.8) is 0 Å². The zero-order chi connectivity index (χ0) is 14.5. The maximum Gasteiger partial charge on any atom is 0.337 e. The Morgan fingerprint density at radius 1 is 1.45 bits per heavy atom. The Bertz CT molecular complexity index is 473. The van der Waals surface area contributed by atoms with Crippen LogP contribution in [0, 0.1) is 5.82 Å². The second-order valence-electron chi connectivity index (χ2n) is 5.12. The van der Waals surface area contributed by atoms with Gasteiger partial charge in [0, 0.05) is 12.6 Å². The van der Waals surface area contributed by atoms with E-state index in [4.69, 9.17) is 0 Å². The van der Waals surface area contributed by atoms with Crippen molar-refractivity contribution in [1.29, 1.82) is 0 Å².